The molecule has 1 heterocycles. The van der Waals surface area contributed by atoms with Crippen LogP contribution in [0.4, 0.5) is 0 Å². The molecule has 0 radical (unpaired) electrons. The smallest absolute Gasteiger partial charge is 0.0537 e. The molecule has 19 heavy (non-hydrogen) atoms. The minimum Gasteiger partial charge on any atom is -0.306 e. The molecule has 3 nitrogen and oxygen atoms in total. The van der Waals surface area contributed by atoms with Crippen molar-refractivity contribution in [2.75, 3.05) is 0 Å². The molecule has 1 N–H and O–H groups in total. The van der Waals surface area contributed by atoms with E-state index in [4.69, 9.17) is 0 Å². The van der Waals surface area contributed by atoms with Crippen molar-refractivity contribution in [1.29, 1.82) is 0 Å². The number of hydrogen-bond acceptors (Lipinski definition) is 2. The zero-order valence-electron chi connectivity index (χ0n) is 12.5. The fourth-order valence-electron chi connectivity index (χ4n) is 2.13. The molecule has 0 amide bonds. The summed E-state index contributed by atoms with van der Waals surface area (Å²) in [5, 5.41) is 7.83. The Morgan fingerprint density at radius 1 is 1.21 bits per heavy atom. The third kappa shape index (κ3) is 3.04. The second kappa shape index (κ2) is 5.57. The highest BCUT2D eigenvalue weighted by Gasteiger charge is 2.08. The maximum Gasteiger partial charge on any atom is 0.0537 e. The van der Waals surface area contributed by atoms with Crippen LogP contribution in [0.3, 0.4) is 0 Å². The maximum atomic E-state index is 4.27. The van der Waals surface area contributed by atoms with Crippen LogP contribution in [-0.4, -0.2) is 9.78 Å². The van der Waals surface area contributed by atoms with Crippen LogP contribution in [0.1, 0.15) is 40.9 Å². The van der Waals surface area contributed by atoms with E-state index in [9.17, 15) is 0 Å². The van der Waals surface area contributed by atoms with E-state index in [1.807, 2.05) is 17.9 Å². The molecule has 1 unspecified atom stereocenters. The van der Waals surface area contributed by atoms with Gasteiger partial charge in [0.2, 0.25) is 0 Å². The summed E-state index contributed by atoms with van der Waals surface area (Å²) < 4.78 is 1.91. The molecule has 0 spiro atoms. The van der Waals surface area contributed by atoms with Gasteiger partial charge in [0.15, 0.2) is 0 Å². The van der Waals surface area contributed by atoms with E-state index in [-0.39, 0.29) is 0 Å². The molecular formula is C16H23N3. The van der Waals surface area contributed by atoms with Gasteiger partial charge in [-0.3, -0.25) is 4.68 Å². The molecule has 0 aliphatic heterocycles. The quantitative estimate of drug-likeness (QED) is 0.911. The summed E-state index contributed by atoms with van der Waals surface area (Å²) in [6.07, 6.45) is 1.94. The fraction of sp³-hybridized carbons (Fsp3) is 0.438. The van der Waals surface area contributed by atoms with Crippen LogP contribution >= 0.6 is 0 Å². The summed E-state index contributed by atoms with van der Waals surface area (Å²) >= 11 is 0. The van der Waals surface area contributed by atoms with Gasteiger partial charge in [-0.2, -0.15) is 5.10 Å². The first kappa shape index (κ1) is 13.8. The summed E-state index contributed by atoms with van der Waals surface area (Å²) in [6.45, 7) is 9.47. The molecule has 0 aliphatic carbocycles. The number of benzene rings is 1. The lowest BCUT2D eigenvalue weighted by atomic mass is 10.0. The van der Waals surface area contributed by atoms with Gasteiger partial charge in [-0.05, 0) is 44.4 Å². The summed E-state index contributed by atoms with van der Waals surface area (Å²) in [5.41, 5.74) is 6.52. The zero-order chi connectivity index (χ0) is 14.0. The SMILES string of the molecule is Cc1ccc(C(C)NCc2cnn(C)c2C)cc1C. The standard InChI is InChI=1S/C16H23N3/c1-11-6-7-15(8-12(11)2)13(3)17-9-16-10-18-19(5)14(16)4/h6-8,10,13,17H,9H2,1-5H3. The van der Waals surface area contributed by atoms with Crippen molar-refractivity contribution in [1.82, 2.24) is 15.1 Å². The molecule has 0 aliphatic rings. The summed E-state index contributed by atoms with van der Waals surface area (Å²) in [5.74, 6) is 0. The molecule has 0 bridgehead atoms. The Morgan fingerprint density at radius 2 is 1.95 bits per heavy atom. The van der Waals surface area contributed by atoms with Crippen LogP contribution in [0, 0.1) is 20.8 Å². The number of nitrogens with zero attached hydrogens (tertiary/aromatic N) is 2. The lowest BCUT2D eigenvalue weighted by Crippen LogP contribution is -2.18. The normalized spacial score (nSPS) is 12.7. The number of rotatable bonds is 4. The molecule has 1 aromatic heterocycles. The van der Waals surface area contributed by atoms with E-state index in [0.717, 1.165) is 6.54 Å². The van der Waals surface area contributed by atoms with E-state index < -0.39 is 0 Å². The monoisotopic (exact) mass is 257 g/mol. The van der Waals surface area contributed by atoms with Crippen LogP contribution in [0.15, 0.2) is 24.4 Å². The average Bonchev–Trinajstić information content (AvgIpc) is 2.70. The molecule has 2 aromatic rings. The van der Waals surface area contributed by atoms with E-state index in [2.05, 4.69) is 56.3 Å². The fourth-order valence-corrected chi connectivity index (χ4v) is 2.13. The Hall–Kier alpha value is -1.61. The molecule has 102 valence electrons. The highest BCUT2D eigenvalue weighted by molar-refractivity contribution is 5.31. The Bertz CT molecular complexity index is 569. The van der Waals surface area contributed by atoms with Gasteiger partial charge in [-0.25, -0.2) is 0 Å². The summed E-state index contributed by atoms with van der Waals surface area (Å²) in [7, 11) is 1.98. The van der Waals surface area contributed by atoms with Crippen molar-refractivity contribution in [3.63, 3.8) is 0 Å². The Morgan fingerprint density at radius 3 is 2.53 bits per heavy atom. The minimum atomic E-state index is 0.346. The average molecular weight is 257 g/mol. The summed E-state index contributed by atoms with van der Waals surface area (Å²) in [6, 6.07) is 7.01. The second-order valence-electron chi connectivity index (χ2n) is 5.33. The van der Waals surface area contributed by atoms with Crippen molar-refractivity contribution in [3.05, 3.63) is 52.3 Å². The Labute approximate surface area is 115 Å². The largest absolute Gasteiger partial charge is 0.306 e. The third-order valence-electron chi connectivity index (χ3n) is 3.97. The van der Waals surface area contributed by atoms with Crippen molar-refractivity contribution < 1.29 is 0 Å². The zero-order valence-corrected chi connectivity index (χ0v) is 12.5. The lowest BCUT2D eigenvalue weighted by Gasteiger charge is -2.15. The predicted octanol–water partition coefficient (Wildman–Crippen LogP) is 3.20. The van der Waals surface area contributed by atoms with E-state index in [1.54, 1.807) is 0 Å². The minimum absolute atomic E-state index is 0.346. The topological polar surface area (TPSA) is 29.9 Å². The molecule has 1 atom stereocenters. The van der Waals surface area contributed by atoms with Crippen LogP contribution in [-0.2, 0) is 13.6 Å². The number of aromatic nitrogens is 2. The van der Waals surface area contributed by atoms with Gasteiger partial charge < -0.3 is 5.32 Å². The first-order chi connectivity index (χ1) is 8.99. The summed E-state index contributed by atoms with van der Waals surface area (Å²) in [4.78, 5) is 0. The van der Waals surface area contributed by atoms with Crippen LogP contribution in [0.5, 0.6) is 0 Å². The highest BCUT2D eigenvalue weighted by Crippen LogP contribution is 2.17. The number of hydrogen-bond donors (Lipinski definition) is 1. The molecule has 3 heteroatoms. The lowest BCUT2D eigenvalue weighted by molar-refractivity contribution is 0.572. The van der Waals surface area contributed by atoms with Gasteiger partial charge in [0, 0.05) is 30.9 Å². The maximum absolute atomic E-state index is 4.27. The number of nitrogens with one attached hydrogen (secondary N) is 1. The third-order valence-corrected chi connectivity index (χ3v) is 3.97. The van der Waals surface area contributed by atoms with Gasteiger partial charge in [0.25, 0.3) is 0 Å². The Kier molecular flexibility index (Phi) is 4.05. The molecule has 1 aromatic carbocycles. The van der Waals surface area contributed by atoms with Crippen LogP contribution in [0.25, 0.3) is 0 Å². The first-order valence-corrected chi connectivity index (χ1v) is 6.77. The van der Waals surface area contributed by atoms with Crippen molar-refractivity contribution in [2.24, 2.45) is 7.05 Å². The molecular weight excluding hydrogens is 234 g/mol. The molecule has 0 fully saturated rings. The van der Waals surface area contributed by atoms with E-state index >= 15 is 0 Å². The van der Waals surface area contributed by atoms with Crippen molar-refractivity contribution in [2.45, 2.75) is 40.3 Å². The number of aryl methyl sites for hydroxylation is 3. The first-order valence-electron chi connectivity index (χ1n) is 6.77. The Balaban J connectivity index is 2.03. The van der Waals surface area contributed by atoms with Crippen LogP contribution < -0.4 is 5.32 Å². The van der Waals surface area contributed by atoms with Gasteiger partial charge >= 0.3 is 0 Å². The van der Waals surface area contributed by atoms with E-state index in [1.165, 1.54) is 27.9 Å². The van der Waals surface area contributed by atoms with Gasteiger partial charge in [-0.1, -0.05) is 18.2 Å². The molecule has 0 saturated carbocycles. The predicted molar refractivity (Wildman–Crippen MR) is 79.1 cm³/mol. The molecule has 2 rings (SSSR count). The van der Waals surface area contributed by atoms with Crippen molar-refractivity contribution in [3.8, 4) is 0 Å². The van der Waals surface area contributed by atoms with Gasteiger partial charge in [-0.15, -0.1) is 0 Å². The highest BCUT2D eigenvalue weighted by atomic mass is 15.3. The van der Waals surface area contributed by atoms with Crippen molar-refractivity contribution >= 4 is 0 Å². The second-order valence-corrected chi connectivity index (χ2v) is 5.33. The van der Waals surface area contributed by atoms with Gasteiger partial charge in [0.1, 0.15) is 0 Å². The molecule has 0 saturated heterocycles. The van der Waals surface area contributed by atoms with Crippen LogP contribution in [0.2, 0.25) is 0 Å². The van der Waals surface area contributed by atoms with E-state index in [0.29, 0.717) is 6.04 Å². The van der Waals surface area contributed by atoms with Gasteiger partial charge in [0.05, 0.1) is 6.20 Å².